The van der Waals surface area contributed by atoms with E-state index in [0.29, 0.717) is 16.7 Å². The average Bonchev–Trinajstić information content (AvgIpc) is 3.02. The van der Waals surface area contributed by atoms with Gasteiger partial charge in [-0.25, -0.2) is 9.79 Å². The molecule has 0 saturated carbocycles. The lowest BCUT2D eigenvalue weighted by Gasteiger charge is -2.06. The fourth-order valence-electron chi connectivity index (χ4n) is 2.52. The molecule has 0 unspecified atom stereocenters. The number of carbonyl (C=O) groups excluding carboxylic acids is 2. The van der Waals surface area contributed by atoms with Gasteiger partial charge < -0.3 is 9.47 Å². The predicted molar refractivity (Wildman–Crippen MR) is 96.1 cm³/mol. The van der Waals surface area contributed by atoms with Crippen molar-refractivity contribution in [3.63, 3.8) is 0 Å². The first-order chi connectivity index (χ1) is 12.9. The van der Waals surface area contributed by atoms with Gasteiger partial charge in [0.2, 0.25) is 5.90 Å². The van der Waals surface area contributed by atoms with Gasteiger partial charge in [-0.2, -0.15) is 0 Å². The van der Waals surface area contributed by atoms with Gasteiger partial charge in [0.25, 0.3) is 5.69 Å². The second-order valence-corrected chi connectivity index (χ2v) is 5.67. The van der Waals surface area contributed by atoms with Crippen LogP contribution in [0.2, 0.25) is 0 Å². The van der Waals surface area contributed by atoms with Crippen LogP contribution < -0.4 is 4.74 Å². The van der Waals surface area contributed by atoms with Crippen LogP contribution in [0.25, 0.3) is 5.57 Å². The van der Waals surface area contributed by atoms with Crippen LogP contribution in [-0.2, 0) is 14.3 Å². The number of hydrogen-bond acceptors (Lipinski definition) is 7. The molecule has 8 nitrogen and oxygen atoms in total. The van der Waals surface area contributed by atoms with Gasteiger partial charge in [0.1, 0.15) is 5.75 Å². The van der Waals surface area contributed by atoms with Gasteiger partial charge >= 0.3 is 11.9 Å². The number of carbonyl (C=O) groups is 2. The molecule has 1 heterocycles. The number of ether oxygens (including phenoxy) is 2. The summed E-state index contributed by atoms with van der Waals surface area (Å²) in [7, 11) is 0. The molecule has 2 aromatic carbocycles. The average molecular weight is 366 g/mol. The lowest BCUT2D eigenvalue weighted by Crippen LogP contribution is -2.10. The number of non-ortho nitro benzene ring substituents is 1. The van der Waals surface area contributed by atoms with Gasteiger partial charge in [-0.1, -0.05) is 12.1 Å². The van der Waals surface area contributed by atoms with E-state index in [9.17, 15) is 19.7 Å². The highest BCUT2D eigenvalue weighted by atomic mass is 16.6. The van der Waals surface area contributed by atoms with Crippen LogP contribution in [0, 0.1) is 10.1 Å². The third-order valence-corrected chi connectivity index (χ3v) is 3.83. The minimum absolute atomic E-state index is 0.0214. The highest BCUT2D eigenvalue weighted by molar-refractivity contribution is 6.15. The maximum atomic E-state index is 12.3. The zero-order chi connectivity index (χ0) is 19.6. The van der Waals surface area contributed by atoms with Gasteiger partial charge in [-0.3, -0.25) is 14.9 Å². The first-order valence-corrected chi connectivity index (χ1v) is 7.91. The third kappa shape index (κ3) is 3.74. The van der Waals surface area contributed by atoms with Crippen molar-refractivity contribution in [2.45, 2.75) is 13.8 Å². The van der Waals surface area contributed by atoms with Crippen molar-refractivity contribution < 1.29 is 24.0 Å². The first-order valence-electron chi connectivity index (χ1n) is 7.91. The summed E-state index contributed by atoms with van der Waals surface area (Å²) in [5, 5.41) is 10.8. The molecule has 0 aliphatic carbocycles. The summed E-state index contributed by atoms with van der Waals surface area (Å²) in [4.78, 5) is 38.0. The lowest BCUT2D eigenvalue weighted by atomic mass is 10.1. The van der Waals surface area contributed by atoms with Gasteiger partial charge in [-0.05, 0) is 42.3 Å². The molecule has 27 heavy (non-hydrogen) atoms. The second kappa shape index (κ2) is 7.20. The molecular formula is C19H14N2O6. The second-order valence-electron chi connectivity index (χ2n) is 5.67. The van der Waals surface area contributed by atoms with Crippen LogP contribution in [0.3, 0.4) is 0 Å². The lowest BCUT2D eigenvalue weighted by molar-refractivity contribution is -0.384. The van der Waals surface area contributed by atoms with E-state index < -0.39 is 16.9 Å². The zero-order valence-corrected chi connectivity index (χ0v) is 14.5. The number of nitro benzene ring substituents is 1. The molecule has 136 valence electrons. The number of cyclic esters (lactones) is 1. The fourth-order valence-corrected chi connectivity index (χ4v) is 2.52. The minimum atomic E-state index is -0.654. The number of para-hydroxylation sites is 1. The van der Waals surface area contributed by atoms with Crippen LogP contribution in [0.4, 0.5) is 5.69 Å². The van der Waals surface area contributed by atoms with E-state index in [1.54, 1.807) is 31.2 Å². The summed E-state index contributed by atoms with van der Waals surface area (Å²) in [5.41, 5.74) is 1.51. The first kappa shape index (κ1) is 18.0. The third-order valence-electron chi connectivity index (χ3n) is 3.83. The highest BCUT2D eigenvalue weighted by Gasteiger charge is 2.28. The van der Waals surface area contributed by atoms with Crippen molar-refractivity contribution in [1.29, 1.82) is 0 Å². The Bertz CT molecular complexity index is 1010. The van der Waals surface area contributed by atoms with Crippen molar-refractivity contribution in [3.8, 4) is 5.75 Å². The van der Waals surface area contributed by atoms with Crippen LogP contribution in [0.5, 0.6) is 5.75 Å². The number of nitro groups is 1. The molecule has 8 heteroatoms. The van der Waals surface area contributed by atoms with Gasteiger partial charge in [0, 0.05) is 19.1 Å². The van der Waals surface area contributed by atoms with Crippen LogP contribution in [0.1, 0.15) is 25.0 Å². The maximum Gasteiger partial charge on any atom is 0.364 e. The molecule has 0 saturated heterocycles. The molecule has 2 aromatic rings. The quantitative estimate of drug-likeness (QED) is 0.270. The molecule has 1 aliphatic rings. The highest BCUT2D eigenvalue weighted by Crippen LogP contribution is 2.29. The monoisotopic (exact) mass is 366 g/mol. The number of nitrogens with zero attached hydrogens (tertiary/aromatic N) is 2. The Kier molecular flexibility index (Phi) is 4.80. The van der Waals surface area contributed by atoms with Crippen molar-refractivity contribution in [3.05, 3.63) is 75.5 Å². The number of rotatable bonds is 4. The standard InChI is InChI=1S/C19H14N2O6/c1-11(13-7-9-14(10-8-13)21(24)25)17-19(23)27-18(20-17)15-5-3-4-6-16(15)26-12(2)22/h3-10H,1-2H3. The Hall–Kier alpha value is -3.81. The Labute approximate surface area is 153 Å². The van der Waals surface area contributed by atoms with E-state index in [0.717, 1.165) is 0 Å². The van der Waals surface area contributed by atoms with Crippen LogP contribution in [-0.4, -0.2) is 22.8 Å². The van der Waals surface area contributed by atoms with E-state index in [2.05, 4.69) is 4.99 Å². The maximum absolute atomic E-state index is 12.3. The number of hydrogen-bond donors (Lipinski definition) is 0. The minimum Gasteiger partial charge on any atom is -0.426 e. The van der Waals surface area contributed by atoms with E-state index in [1.165, 1.54) is 31.2 Å². The van der Waals surface area contributed by atoms with Crippen molar-refractivity contribution >= 4 is 29.1 Å². The van der Waals surface area contributed by atoms with Crippen molar-refractivity contribution in [1.82, 2.24) is 0 Å². The molecular weight excluding hydrogens is 352 g/mol. The summed E-state index contributed by atoms with van der Waals surface area (Å²) in [5.74, 6) is -0.914. The van der Waals surface area contributed by atoms with E-state index >= 15 is 0 Å². The van der Waals surface area contributed by atoms with Crippen molar-refractivity contribution in [2.24, 2.45) is 4.99 Å². The summed E-state index contributed by atoms with van der Waals surface area (Å²) in [6.07, 6.45) is 0. The summed E-state index contributed by atoms with van der Waals surface area (Å²) in [6, 6.07) is 12.3. The molecule has 0 spiro atoms. The number of esters is 2. The van der Waals surface area contributed by atoms with Crippen LogP contribution in [0.15, 0.2) is 59.2 Å². The molecule has 3 rings (SSSR count). The Morgan fingerprint density at radius 3 is 2.41 bits per heavy atom. The Morgan fingerprint density at radius 2 is 1.78 bits per heavy atom. The molecule has 0 fully saturated rings. The van der Waals surface area contributed by atoms with Gasteiger partial charge in [0.15, 0.2) is 5.70 Å². The van der Waals surface area contributed by atoms with Crippen LogP contribution >= 0.6 is 0 Å². The SMILES string of the molecule is CC(=O)Oc1ccccc1C1=NC(=C(C)c2ccc([N+](=O)[O-])cc2)C(=O)O1. The topological polar surface area (TPSA) is 108 Å². The largest absolute Gasteiger partial charge is 0.426 e. The Morgan fingerprint density at radius 1 is 1.11 bits per heavy atom. The van der Waals surface area contributed by atoms with Gasteiger partial charge in [-0.15, -0.1) is 0 Å². The van der Waals surface area contributed by atoms with E-state index in [1.807, 2.05) is 0 Å². The normalized spacial score (nSPS) is 15.0. The van der Waals surface area contributed by atoms with E-state index in [4.69, 9.17) is 9.47 Å². The molecule has 0 bridgehead atoms. The fraction of sp³-hybridized carbons (Fsp3) is 0.105. The zero-order valence-electron chi connectivity index (χ0n) is 14.5. The number of aliphatic imine (C=N–C) groups is 1. The van der Waals surface area contributed by atoms with Gasteiger partial charge in [0.05, 0.1) is 10.5 Å². The molecule has 0 amide bonds. The Balaban J connectivity index is 2.00. The predicted octanol–water partition coefficient (Wildman–Crippen LogP) is 3.25. The van der Waals surface area contributed by atoms with E-state index in [-0.39, 0.29) is 23.0 Å². The van der Waals surface area contributed by atoms with Crippen molar-refractivity contribution in [2.75, 3.05) is 0 Å². The number of benzene rings is 2. The summed E-state index contributed by atoms with van der Waals surface area (Å²) >= 11 is 0. The molecule has 0 aromatic heterocycles. The summed E-state index contributed by atoms with van der Waals surface area (Å²) in [6.45, 7) is 2.94. The molecule has 0 atom stereocenters. The molecule has 0 radical (unpaired) electrons. The molecule has 1 aliphatic heterocycles. The summed E-state index contributed by atoms with van der Waals surface area (Å²) < 4.78 is 10.4. The smallest absolute Gasteiger partial charge is 0.364 e. The number of allylic oxidation sites excluding steroid dienone is 1. The molecule has 0 N–H and O–H groups in total.